The Labute approximate surface area is 248 Å². The predicted octanol–water partition coefficient (Wildman–Crippen LogP) is 7.76. The summed E-state index contributed by atoms with van der Waals surface area (Å²) in [6.45, 7) is 8.03. The smallest absolute Gasteiger partial charge is 0.256 e. The van der Waals surface area contributed by atoms with E-state index in [1.54, 1.807) is 0 Å². The molecule has 41 heavy (non-hydrogen) atoms. The Morgan fingerprint density at radius 3 is 2.05 bits per heavy atom. The highest BCUT2D eigenvalue weighted by atomic mass is 16.5. The van der Waals surface area contributed by atoms with Crippen LogP contribution in [0.2, 0.25) is 0 Å². The van der Waals surface area contributed by atoms with Gasteiger partial charge in [0, 0.05) is 12.1 Å². The van der Waals surface area contributed by atoms with Gasteiger partial charge in [-0.05, 0) is 54.7 Å². The zero-order valence-electron chi connectivity index (χ0n) is 25.8. The zero-order valence-corrected chi connectivity index (χ0v) is 25.8. The maximum Gasteiger partial charge on any atom is 0.256 e. The molecular weight excluding hydrogens is 508 g/mol. The van der Waals surface area contributed by atoms with Gasteiger partial charge in [-0.3, -0.25) is 4.79 Å². The Morgan fingerprint density at radius 2 is 1.41 bits per heavy atom. The van der Waals surface area contributed by atoms with Crippen LogP contribution in [0.25, 0.3) is 11.6 Å². The van der Waals surface area contributed by atoms with Gasteiger partial charge in [-0.15, -0.1) is 0 Å². The molecule has 2 aromatic rings. The van der Waals surface area contributed by atoms with Gasteiger partial charge in [0.1, 0.15) is 12.3 Å². The molecule has 0 aliphatic carbocycles. The molecule has 0 fully saturated rings. The second-order valence-corrected chi connectivity index (χ2v) is 11.8. The van der Waals surface area contributed by atoms with Crippen LogP contribution in [0.3, 0.4) is 0 Å². The Bertz CT molecular complexity index is 1110. The number of aliphatic hydroxyl groups is 1. The molecule has 5 heteroatoms. The average molecular weight is 562 g/mol. The number of nitrogens with zero attached hydrogens (tertiary/aromatic N) is 1. The molecule has 1 unspecified atom stereocenters. The quantitative estimate of drug-likeness (QED) is 0.128. The molecule has 0 radical (unpaired) electrons. The number of rotatable bonds is 20. The van der Waals surface area contributed by atoms with Gasteiger partial charge in [0.05, 0.1) is 38.9 Å². The molecule has 0 spiro atoms. The number of carbonyl (C=O) groups excluding carboxylic acids is 1. The van der Waals surface area contributed by atoms with Gasteiger partial charge in [-0.2, -0.15) is 0 Å². The number of unbranched alkanes of at least 4 members (excludes halogenated alkanes) is 9. The number of likely N-dealkylation sites (N-methyl/N-ethyl adjacent to an activating group) is 1. The maximum atomic E-state index is 12.8. The second-order valence-electron chi connectivity index (χ2n) is 11.8. The third kappa shape index (κ3) is 11.1. The number of ether oxygens (including phenoxy) is 1. The van der Waals surface area contributed by atoms with Crippen molar-refractivity contribution in [3.8, 4) is 5.75 Å². The van der Waals surface area contributed by atoms with Crippen LogP contribution in [-0.4, -0.2) is 55.4 Å². The molecule has 5 nitrogen and oxygen atoms in total. The lowest BCUT2D eigenvalue weighted by atomic mass is 10.0. The van der Waals surface area contributed by atoms with Crippen molar-refractivity contribution in [3.63, 3.8) is 0 Å². The molecule has 1 heterocycles. The standard InChI is InChI=1S/C36H52N2O3/c1-4-5-6-7-8-9-10-11-12-16-24-38(3,26-27-39)25-17-28-41-33-22-20-32(21-23-33)35-30(2)34(37-36(35)40)29-31-18-14-13-15-19-31/h13-15,18-23,29,39H,4-12,16-17,24-28H2,1-3H3/p+1/b34-29-. The first-order chi connectivity index (χ1) is 20.0. The number of nitrogens with one attached hydrogen (secondary N) is 1. The number of allylic oxidation sites excluding steroid dienone is 1. The van der Waals surface area contributed by atoms with Crippen LogP contribution in [0.5, 0.6) is 5.75 Å². The maximum absolute atomic E-state index is 12.8. The number of benzene rings is 2. The molecular formula is C36H53N2O3+. The summed E-state index contributed by atoms with van der Waals surface area (Å²) < 4.78 is 6.96. The summed E-state index contributed by atoms with van der Waals surface area (Å²) in [6, 6.07) is 17.9. The Morgan fingerprint density at radius 1 is 0.805 bits per heavy atom. The van der Waals surface area contributed by atoms with E-state index in [9.17, 15) is 9.90 Å². The lowest BCUT2D eigenvalue weighted by Gasteiger charge is -2.34. The first kappa shape index (κ1) is 32.6. The highest BCUT2D eigenvalue weighted by molar-refractivity contribution is 6.25. The number of carbonyl (C=O) groups is 1. The van der Waals surface area contributed by atoms with Gasteiger partial charge in [-0.25, -0.2) is 0 Å². The highest BCUT2D eigenvalue weighted by Crippen LogP contribution is 2.30. The average Bonchev–Trinajstić information content (AvgIpc) is 3.25. The molecule has 0 saturated heterocycles. The minimum Gasteiger partial charge on any atom is -0.493 e. The van der Waals surface area contributed by atoms with Crippen molar-refractivity contribution in [2.24, 2.45) is 0 Å². The van der Waals surface area contributed by atoms with Crippen LogP contribution in [0.4, 0.5) is 0 Å². The molecule has 224 valence electrons. The normalized spacial score (nSPS) is 15.8. The van der Waals surface area contributed by atoms with Gasteiger partial charge in [0.25, 0.3) is 5.91 Å². The zero-order chi connectivity index (χ0) is 29.3. The van der Waals surface area contributed by atoms with Crippen LogP contribution in [0.15, 0.2) is 65.9 Å². The molecule has 1 aliphatic rings. The fourth-order valence-electron chi connectivity index (χ4n) is 5.70. The van der Waals surface area contributed by atoms with Crippen LogP contribution in [-0.2, 0) is 4.79 Å². The Balaban J connectivity index is 1.40. The summed E-state index contributed by atoms with van der Waals surface area (Å²) in [5.74, 6) is 0.748. The molecule has 1 amide bonds. The summed E-state index contributed by atoms with van der Waals surface area (Å²) in [5.41, 5.74) is 4.47. The van der Waals surface area contributed by atoms with Gasteiger partial charge in [-0.1, -0.05) is 101 Å². The van der Waals surface area contributed by atoms with Crippen molar-refractivity contribution >= 4 is 17.6 Å². The van der Waals surface area contributed by atoms with Crippen molar-refractivity contribution in [2.45, 2.75) is 84.5 Å². The van der Waals surface area contributed by atoms with E-state index >= 15 is 0 Å². The molecule has 0 bridgehead atoms. The molecule has 0 saturated carbocycles. The van der Waals surface area contributed by atoms with Crippen LogP contribution in [0, 0.1) is 0 Å². The van der Waals surface area contributed by atoms with Crippen molar-refractivity contribution in [1.82, 2.24) is 5.32 Å². The number of quaternary nitrogens is 1. The predicted molar refractivity (Wildman–Crippen MR) is 171 cm³/mol. The molecule has 2 N–H and O–H groups in total. The van der Waals surface area contributed by atoms with E-state index in [2.05, 4.69) is 19.3 Å². The minimum absolute atomic E-state index is 0.0679. The first-order valence-electron chi connectivity index (χ1n) is 15.9. The topological polar surface area (TPSA) is 58.6 Å². The molecule has 2 aromatic carbocycles. The lowest BCUT2D eigenvalue weighted by molar-refractivity contribution is -0.910. The fraction of sp³-hybridized carbons (Fsp3) is 0.528. The van der Waals surface area contributed by atoms with Crippen molar-refractivity contribution in [2.75, 3.05) is 39.9 Å². The van der Waals surface area contributed by atoms with Gasteiger partial charge in [0.2, 0.25) is 0 Å². The summed E-state index contributed by atoms with van der Waals surface area (Å²) in [5, 5.41) is 12.7. The lowest BCUT2D eigenvalue weighted by Crippen LogP contribution is -2.47. The first-order valence-corrected chi connectivity index (χ1v) is 15.9. The van der Waals surface area contributed by atoms with E-state index in [1.165, 1.54) is 64.2 Å². The third-order valence-corrected chi connectivity index (χ3v) is 8.31. The van der Waals surface area contributed by atoms with E-state index in [4.69, 9.17) is 4.74 Å². The van der Waals surface area contributed by atoms with Crippen molar-refractivity contribution < 1.29 is 19.1 Å². The molecule has 0 aromatic heterocycles. The molecule has 1 aliphatic heterocycles. The number of amides is 1. The largest absolute Gasteiger partial charge is 0.493 e. The van der Waals surface area contributed by atoms with Crippen LogP contribution >= 0.6 is 0 Å². The van der Waals surface area contributed by atoms with E-state index in [0.29, 0.717) is 12.2 Å². The van der Waals surface area contributed by atoms with E-state index < -0.39 is 0 Å². The Hall–Kier alpha value is -2.89. The minimum atomic E-state index is -0.0679. The van der Waals surface area contributed by atoms with E-state index in [-0.39, 0.29) is 12.5 Å². The summed E-state index contributed by atoms with van der Waals surface area (Å²) >= 11 is 0. The van der Waals surface area contributed by atoms with E-state index in [0.717, 1.165) is 58.7 Å². The summed E-state index contributed by atoms with van der Waals surface area (Å²) in [7, 11) is 2.27. The monoisotopic (exact) mass is 561 g/mol. The molecule has 1 atom stereocenters. The summed E-state index contributed by atoms with van der Waals surface area (Å²) in [4.78, 5) is 12.8. The SMILES string of the molecule is CCCCCCCCCCCC[N+](C)(CCO)CCCOc1ccc(C2=C(C)/C(=C/c3ccccc3)NC2=O)cc1. The van der Waals surface area contributed by atoms with Gasteiger partial charge < -0.3 is 19.6 Å². The van der Waals surface area contributed by atoms with Gasteiger partial charge >= 0.3 is 0 Å². The second kappa shape index (κ2) is 17.8. The number of hydrogen-bond donors (Lipinski definition) is 2. The Kier molecular flexibility index (Phi) is 14.2. The number of aliphatic hydroxyl groups excluding tert-OH is 1. The van der Waals surface area contributed by atoms with Crippen LogP contribution in [0.1, 0.15) is 95.6 Å². The highest BCUT2D eigenvalue weighted by Gasteiger charge is 2.25. The molecule has 3 rings (SSSR count). The van der Waals surface area contributed by atoms with Crippen LogP contribution < -0.4 is 10.1 Å². The van der Waals surface area contributed by atoms with Crippen molar-refractivity contribution in [1.29, 1.82) is 0 Å². The van der Waals surface area contributed by atoms with Gasteiger partial charge in [0.15, 0.2) is 0 Å². The summed E-state index contributed by atoms with van der Waals surface area (Å²) in [6.07, 6.45) is 16.4. The number of hydrogen-bond acceptors (Lipinski definition) is 3. The fourth-order valence-corrected chi connectivity index (χ4v) is 5.70. The van der Waals surface area contributed by atoms with Crippen molar-refractivity contribution in [3.05, 3.63) is 77.0 Å². The third-order valence-electron chi connectivity index (χ3n) is 8.31. The van der Waals surface area contributed by atoms with E-state index in [1.807, 2.05) is 67.6 Å².